The molecule has 1 saturated heterocycles. The Hall–Kier alpha value is -2.15. The molecule has 2 unspecified atom stereocenters. The van der Waals surface area contributed by atoms with Crippen LogP contribution in [0, 0.1) is 11.8 Å². The zero-order valence-corrected chi connectivity index (χ0v) is 17.8. The van der Waals surface area contributed by atoms with Crippen molar-refractivity contribution in [3.8, 4) is 17.6 Å². The fraction of sp³-hybridized carbons (Fsp3) is 0.450. The second-order valence-electron chi connectivity index (χ2n) is 6.68. The monoisotopic (exact) mass is 434 g/mol. The SMILES string of the molecule is CC(=O)OCCC#Cc1ccc(O)c(C2=NC(C3SC[C@@H](C(=O)O)N3C)CS2)c1. The van der Waals surface area contributed by atoms with Gasteiger partial charge in [-0.1, -0.05) is 11.8 Å². The third kappa shape index (κ3) is 5.26. The molecule has 1 aromatic carbocycles. The summed E-state index contributed by atoms with van der Waals surface area (Å²) in [6, 6.07) is 4.60. The van der Waals surface area contributed by atoms with E-state index in [9.17, 15) is 19.8 Å². The van der Waals surface area contributed by atoms with Crippen LogP contribution >= 0.6 is 23.5 Å². The number of phenolic OH excluding ortho intramolecular Hbond substituents is 1. The molecule has 0 saturated carbocycles. The van der Waals surface area contributed by atoms with Crippen molar-refractivity contribution in [1.29, 1.82) is 0 Å². The number of esters is 1. The van der Waals surface area contributed by atoms with Crippen LogP contribution in [-0.2, 0) is 14.3 Å². The highest BCUT2D eigenvalue weighted by atomic mass is 32.2. The van der Waals surface area contributed by atoms with Crippen molar-refractivity contribution in [2.45, 2.75) is 30.8 Å². The number of carbonyl (C=O) groups is 2. The van der Waals surface area contributed by atoms with Gasteiger partial charge in [0.1, 0.15) is 23.4 Å². The van der Waals surface area contributed by atoms with Crippen molar-refractivity contribution in [1.82, 2.24) is 4.90 Å². The smallest absolute Gasteiger partial charge is 0.321 e. The van der Waals surface area contributed by atoms with Crippen molar-refractivity contribution in [3.63, 3.8) is 0 Å². The Balaban J connectivity index is 1.70. The Morgan fingerprint density at radius 2 is 2.17 bits per heavy atom. The highest BCUT2D eigenvalue weighted by Gasteiger charge is 2.41. The molecule has 2 aliphatic rings. The maximum Gasteiger partial charge on any atom is 0.321 e. The molecule has 3 rings (SSSR count). The van der Waals surface area contributed by atoms with E-state index in [1.807, 2.05) is 11.9 Å². The van der Waals surface area contributed by atoms with Gasteiger partial charge in [0.05, 0.1) is 11.4 Å². The van der Waals surface area contributed by atoms with E-state index in [0.717, 1.165) is 16.4 Å². The van der Waals surface area contributed by atoms with Crippen LogP contribution in [0.15, 0.2) is 23.2 Å². The number of hydrogen-bond acceptors (Lipinski definition) is 8. The van der Waals surface area contributed by atoms with Gasteiger partial charge in [-0.2, -0.15) is 0 Å². The van der Waals surface area contributed by atoms with Gasteiger partial charge >= 0.3 is 11.9 Å². The largest absolute Gasteiger partial charge is 0.507 e. The molecule has 7 nitrogen and oxygen atoms in total. The van der Waals surface area contributed by atoms with Crippen molar-refractivity contribution in [2.24, 2.45) is 4.99 Å². The molecule has 1 fully saturated rings. The zero-order valence-electron chi connectivity index (χ0n) is 16.1. The van der Waals surface area contributed by atoms with Crippen molar-refractivity contribution >= 4 is 40.5 Å². The van der Waals surface area contributed by atoms with Crippen LogP contribution in [0.3, 0.4) is 0 Å². The number of rotatable bonds is 5. The van der Waals surface area contributed by atoms with Gasteiger partial charge in [-0.15, -0.1) is 23.5 Å². The number of carboxylic acids is 1. The summed E-state index contributed by atoms with van der Waals surface area (Å²) in [6.07, 6.45) is 0.434. The number of aromatic hydroxyl groups is 1. The maximum atomic E-state index is 11.3. The van der Waals surface area contributed by atoms with Gasteiger partial charge in [-0.25, -0.2) is 0 Å². The molecule has 3 atom stereocenters. The number of hydrogen-bond donors (Lipinski definition) is 2. The molecule has 0 aromatic heterocycles. The predicted octanol–water partition coefficient (Wildman–Crippen LogP) is 2.02. The number of phenols is 1. The Kier molecular flexibility index (Phi) is 7.11. The molecule has 0 bridgehead atoms. The van der Waals surface area contributed by atoms with Crippen LogP contribution in [-0.4, -0.2) is 74.7 Å². The average molecular weight is 435 g/mol. The van der Waals surface area contributed by atoms with Gasteiger partial charge in [0.25, 0.3) is 0 Å². The number of thioether (sulfide) groups is 2. The second kappa shape index (κ2) is 9.57. The normalized spacial score (nSPS) is 23.9. The molecule has 0 spiro atoms. The lowest BCUT2D eigenvalue weighted by molar-refractivity contribution is -0.142. The first-order valence-electron chi connectivity index (χ1n) is 9.09. The van der Waals surface area contributed by atoms with Crippen LogP contribution in [0.4, 0.5) is 0 Å². The predicted molar refractivity (Wildman–Crippen MR) is 114 cm³/mol. The van der Waals surface area contributed by atoms with Crippen LogP contribution in [0.1, 0.15) is 24.5 Å². The maximum absolute atomic E-state index is 11.3. The molecule has 0 aliphatic carbocycles. The summed E-state index contributed by atoms with van der Waals surface area (Å²) < 4.78 is 4.85. The van der Waals surface area contributed by atoms with Gasteiger partial charge in [-0.05, 0) is 25.2 Å². The van der Waals surface area contributed by atoms with E-state index < -0.39 is 12.0 Å². The topological polar surface area (TPSA) is 99.4 Å². The minimum atomic E-state index is -0.810. The van der Waals surface area contributed by atoms with Gasteiger partial charge in [0.15, 0.2) is 0 Å². The lowest BCUT2D eigenvalue weighted by Gasteiger charge is -2.24. The first-order valence-corrected chi connectivity index (χ1v) is 11.1. The third-order valence-electron chi connectivity index (χ3n) is 4.60. The average Bonchev–Trinajstić information content (AvgIpc) is 3.29. The highest BCUT2D eigenvalue weighted by Crippen LogP contribution is 2.37. The number of carboxylic acid groups (broad SMARTS) is 1. The Morgan fingerprint density at radius 3 is 2.86 bits per heavy atom. The molecule has 2 N–H and O–H groups in total. The number of likely N-dealkylation sites (N-methyl/N-ethyl adjacent to an activating group) is 1. The van der Waals surface area contributed by atoms with Crippen molar-refractivity contribution < 1.29 is 24.5 Å². The van der Waals surface area contributed by atoms with Crippen LogP contribution in [0.5, 0.6) is 5.75 Å². The van der Waals surface area contributed by atoms with Gasteiger partial charge < -0.3 is 14.9 Å². The summed E-state index contributed by atoms with van der Waals surface area (Å²) in [6.45, 7) is 1.61. The van der Waals surface area contributed by atoms with Crippen molar-refractivity contribution in [2.75, 3.05) is 25.2 Å². The lowest BCUT2D eigenvalue weighted by Crippen LogP contribution is -2.42. The van der Waals surface area contributed by atoms with E-state index in [-0.39, 0.29) is 29.7 Å². The summed E-state index contributed by atoms with van der Waals surface area (Å²) >= 11 is 3.17. The summed E-state index contributed by atoms with van der Waals surface area (Å²) in [5, 5.41) is 20.3. The summed E-state index contributed by atoms with van der Waals surface area (Å²) in [5.41, 5.74) is 1.37. The number of carbonyl (C=O) groups excluding carboxylic acids is 1. The fourth-order valence-corrected chi connectivity index (χ4v) is 5.86. The van der Waals surface area contributed by atoms with E-state index in [4.69, 9.17) is 9.73 Å². The highest BCUT2D eigenvalue weighted by molar-refractivity contribution is 8.14. The van der Waals surface area contributed by atoms with E-state index in [2.05, 4.69) is 11.8 Å². The first-order chi connectivity index (χ1) is 13.9. The van der Waals surface area contributed by atoms with Crippen molar-refractivity contribution in [3.05, 3.63) is 29.3 Å². The minimum Gasteiger partial charge on any atom is -0.507 e. The van der Waals surface area contributed by atoms with Crippen LogP contribution in [0.2, 0.25) is 0 Å². The Morgan fingerprint density at radius 1 is 1.38 bits per heavy atom. The Labute approximate surface area is 177 Å². The zero-order chi connectivity index (χ0) is 21.0. The molecule has 0 amide bonds. The molecule has 9 heteroatoms. The fourth-order valence-electron chi connectivity index (χ4n) is 3.11. The molecular weight excluding hydrogens is 412 g/mol. The number of aliphatic carboxylic acids is 1. The van der Waals surface area contributed by atoms with E-state index in [1.165, 1.54) is 6.92 Å². The standard InChI is InChI=1S/C20H22N2O5S2/c1-12(23)27-8-4-3-5-13-6-7-17(24)14(9-13)18-21-15(10-28-18)19-22(2)16(11-29-19)20(25)26/h6-7,9,15-16,19,24H,4,8,10-11H2,1-2H3,(H,25,26)/t15?,16-,19?/m0/s1. The Bertz CT molecular complexity index is 893. The lowest BCUT2D eigenvalue weighted by atomic mass is 10.1. The molecule has 154 valence electrons. The van der Waals surface area contributed by atoms with E-state index in [0.29, 0.717) is 17.7 Å². The van der Waals surface area contributed by atoms with Gasteiger partial charge in [-0.3, -0.25) is 19.5 Å². The minimum absolute atomic E-state index is 0.00694. The molecular formula is C20H22N2O5S2. The summed E-state index contributed by atoms with van der Waals surface area (Å²) in [5.74, 6) is 6.24. The molecule has 29 heavy (non-hydrogen) atoms. The van der Waals surface area contributed by atoms with Crippen LogP contribution in [0.25, 0.3) is 0 Å². The van der Waals surface area contributed by atoms with E-state index in [1.54, 1.807) is 41.7 Å². The molecule has 1 aromatic rings. The number of ether oxygens (including phenoxy) is 1. The molecule has 2 heterocycles. The number of nitrogens with zero attached hydrogens (tertiary/aromatic N) is 2. The molecule has 0 radical (unpaired) electrons. The quantitative estimate of drug-likeness (QED) is 0.413. The van der Waals surface area contributed by atoms with E-state index >= 15 is 0 Å². The summed E-state index contributed by atoms with van der Waals surface area (Å²) in [4.78, 5) is 28.7. The second-order valence-corrected chi connectivity index (χ2v) is 8.84. The van der Waals surface area contributed by atoms with Crippen LogP contribution < -0.4 is 0 Å². The van der Waals surface area contributed by atoms with Gasteiger partial charge in [0, 0.05) is 36.0 Å². The third-order valence-corrected chi connectivity index (χ3v) is 7.20. The first kappa shape index (κ1) is 21.6. The molecule has 2 aliphatic heterocycles. The van der Waals surface area contributed by atoms with Gasteiger partial charge in [0.2, 0.25) is 0 Å². The summed E-state index contributed by atoms with van der Waals surface area (Å²) in [7, 11) is 1.82. The number of aliphatic imine (C=N–C) groups is 1. The number of benzene rings is 1.